The van der Waals surface area contributed by atoms with Crippen LogP contribution in [-0.2, 0) is 11.2 Å². The van der Waals surface area contributed by atoms with E-state index in [1.165, 1.54) is 0 Å². The zero-order chi connectivity index (χ0) is 21.9. The number of nitrogen functional groups attached to an aromatic ring is 1. The summed E-state index contributed by atoms with van der Waals surface area (Å²) in [6.45, 7) is 1.42. The number of hydrogen-bond acceptors (Lipinski definition) is 6. The molecule has 4 aromatic rings. The molecule has 0 unspecified atom stereocenters. The average Bonchev–Trinajstić information content (AvgIpc) is 2.85. The van der Waals surface area contributed by atoms with Gasteiger partial charge in [-0.1, -0.05) is 36.4 Å². The second-order valence-electron chi connectivity index (χ2n) is 8.08. The molecule has 1 amide bonds. The summed E-state index contributed by atoms with van der Waals surface area (Å²) < 4.78 is 0. The fourth-order valence-electron chi connectivity index (χ4n) is 4.21. The van der Waals surface area contributed by atoms with Crippen LogP contribution in [0.15, 0.2) is 66.9 Å². The summed E-state index contributed by atoms with van der Waals surface area (Å²) in [5.74, 6) is 1.25. The Morgan fingerprint density at radius 1 is 1.00 bits per heavy atom. The van der Waals surface area contributed by atoms with Crippen molar-refractivity contribution in [2.24, 2.45) is 0 Å². The summed E-state index contributed by atoms with van der Waals surface area (Å²) in [6, 6.07) is 19.3. The number of fused-ring (bicyclic) bond motifs is 1. The Labute approximate surface area is 186 Å². The first-order valence-electron chi connectivity index (χ1n) is 10.8. The zero-order valence-electron chi connectivity index (χ0n) is 17.7. The Bertz CT molecular complexity index is 1250. The Morgan fingerprint density at radius 2 is 1.84 bits per heavy atom. The zero-order valence-corrected chi connectivity index (χ0v) is 17.7. The van der Waals surface area contributed by atoms with Crippen molar-refractivity contribution in [2.45, 2.75) is 25.2 Å². The first-order valence-corrected chi connectivity index (χ1v) is 10.8. The number of aromatic nitrogens is 4. The van der Waals surface area contributed by atoms with Crippen molar-refractivity contribution in [1.82, 2.24) is 24.8 Å². The minimum atomic E-state index is 0.104. The lowest BCUT2D eigenvalue weighted by Crippen LogP contribution is -2.40. The van der Waals surface area contributed by atoms with Crippen LogP contribution in [0.25, 0.3) is 22.4 Å². The first-order chi connectivity index (χ1) is 15.7. The van der Waals surface area contributed by atoms with Crippen LogP contribution in [0.1, 0.15) is 30.1 Å². The lowest BCUT2D eigenvalue weighted by atomic mass is 9.93. The fraction of sp³-hybridized carbons (Fsp3) is 0.240. The van der Waals surface area contributed by atoms with Crippen LogP contribution in [0.2, 0.25) is 0 Å². The van der Waals surface area contributed by atoms with Crippen LogP contribution in [0.5, 0.6) is 0 Å². The number of pyridine rings is 2. The molecule has 5 rings (SSSR count). The lowest BCUT2D eigenvalue weighted by Gasteiger charge is -2.32. The van der Waals surface area contributed by atoms with E-state index in [0.29, 0.717) is 30.3 Å². The van der Waals surface area contributed by atoms with Gasteiger partial charge >= 0.3 is 0 Å². The van der Waals surface area contributed by atoms with Gasteiger partial charge in [0.15, 0.2) is 11.5 Å². The van der Waals surface area contributed by atoms with E-state index in [9.17, 15) is 4.79 Å². The fourth-order valence-corrected chi connectivity index (χ4v) is 4.21. The molecule has 1 atom stereocenters. The lowest BCUT2D eigenvalue weighted by molar-refractivity contribution is -0.131. The maximum absolute atomic E-state index is 12.8. The highest BCUT2D eigenvalue weighted by Gasteiger charge is 2.26. The number of likely N-dealkylation sites (tertiary alicyclic amines) is 1. The molecule has 160 valence electrons. The Morgan fingerprint density at radius 3 is 2.66 bits per heavy atom. The van der Waals surface area contributed by atoms with Gasteiger partial charge in [0.05, 0.1) is 11.8 Å². The van der Waals surface area contributed by atoms with E-state index in [-0.39, 0.29) is 11.8 Å². The summed E-state index contributed by atoms with van der Waals surface area (Å²) in [5, 5.41) is 0.743. The van der Waals surface area contributed by atoms with E-state index in [4.69, 9.17) is 10.7 Å². The molecule has 7 nitrogen and oxygen atoms in total. The summed E-state index contributed by atoms with van der Waals surface area (Å²) >= 11 is 0. The quantitative estimate of drug-likeness (QED) is 0.537. The topological polar surface area (TPSA) is 97.9 Å². The Balaban J connectivity index is 1.39. The van der Waals surface area contributed by atoms with Gasteiger partial charge in [0.2, 0.25) is 5.91 Å². The molecule has 1 aromatic carbocycles. The molecule has 0 aliphatic carbocycles. The molecule has 1 aliphatic heterocycles. The molecule has 4 heterocycles. The molecule has 2 N–H and O–H groups in total. The third-order valence-corrected chi connectivity index (χ3v) is 5.89. The van der Waals surface area contributed by atoms with Gasteiger partial charge < -0.3 is 10.6 Å². The first kappa shape index (κ1) is 20.1. The SMILES string of the molecule is Nc1nc(-c2ccccc2)nc2nc([C@H]3CCCN(C(=O)Cc4ccccn4)C3)ccc12. The molecular formula is C25H24N6O. The van der Waals surface area contributed by atoms with Gasteiger partial charge in [-0.3, -0.25) is 9.78 Å². The highest BCUT2D eigenvalue weighted by molar-refractivity contribution is 5.87. The van der Waals surface area contributed by atoms with Gasteiger partial charge in [-0.25, -0.2) is 15.0 Å². The second-order valence-corrected chi connectivity index (χ2v) is 8.08. The van der Waals surface area contributed by atoms with Gasteiger partial charge in [-0.15, -0.1) is 0 Å². The van der Waals surface area contributed by atoms with Crippen LogP contribution >= 0.6 is 0 Å². The van der Waals surface area contributed by atoms with E-state index < -0.39 is 0 Å². The molecule has 0 bridgehead atoms. The van der Waals surface area contributed by atoms with Crippen molar-refractivity contribution in [3.63, 3.8) is 0 Å². The summed E-state index contributed by atoms with van der Waals surface area (Å²) in [5.41, 5.74) is 9.43. The molecule has 32 heavy (non-hydrogen) atoms. The molecule has 3 aromatic heterocycles. The predicted octanol–water partition coefficient (Wildman–Crippen LogP) is 3.62. The highest BCUT2D eigenvalue weighted by atomic mass is 16.2. The molecular weight excluding hydrogens is 400 g/mol. The normalized spacial score (nSPS) is 16.2. The van der Waals surface area contributed by atoms with Gasteiger partial charge in [0.25, 0.3) is 0 Å². The highest BCUT2D eigenvalue weighted by Crippen LogP contribution is 2.29. The number of nitrogens with two attached hydrogens (primary N) is 1. The van der Waals surface area contributed by atoms with Crippen LogP contribution in [0, 0.1) is 0 Å². The standard InChI is InChI=1S/C25H24N6O/c26-23-20-11-12-21(28-25(20)30-24(29-23)17-7-2-1-3-8-17)18-9-6-14-31(16-18)22(32)15-19-10-4-5-13-27-19/h1-5,7-8,10-13,18H,6,9,14-16H2,(H2,26,28,29,30)/t18-/m0/s1. The van der Waals surface area contributed by atoms with E-state index in [0.717, 1.165) is 41.7 Å². The third-order valence-electron chi connectivity index (χ3n) is 5.89. The molecule has 0 spiro atoms. The second kappa shape index (κ2) is 8.70. The molecule has 1 fully saturated rings. The van der Waals surface area contributed by atoms with Crippen molar-refractivity contribution in [1.29, 1.82) is 0 Å². The van der Waals surface area contributed by atoms with E-state index in [2.05, 4.69) is 15.0 Å². The number of hydrogen-bond donors (Lipinski definition) is 1. The molecule has 0 saturated carbocycles. The average molecular weight is 425 g/mol. The summed E-state index contributed by atoms with van der Waals surface area (Å²) in [7, 11) is 0. The monoisotopic (exact) mass is 424 g/mol. The van der Waals surface area contributed by atoms with E-state index in [1.54, 1.807) is 6.20 Å². The van der Waals surface area contributed by atoms with Gasteiger partial charge in [-0.05, 0) is 37.1 Å². The van der Waals surface area contributed by atoms with E-state index in [1.807, 2.05) is 65.6 Å². The number of amides is 1. The Kier molecular flexibility index (Phi) is 5.46. The van der Waals surface area contributed by atoms with Crippen molar-refractivity contribution in [3.05, 3.63) is 78.2 Å². The van der Waals surface area contributed by atoms with Crippen molar-refractivity contribution >= 4 is 22.8 Å². The molecule has 1 saturated heterocycles. The van der Waals surface area contributed by atoms with Crippen molar-refractivity contribution in [2.75, 3.05) is 18.8 Å². The number of piperidine rings is 1. The van der Waals surface area contributed by atoms with Crippen LogP contribution in [0.4, 0.5) is 5.82 Å². The molecule has 1 aliphatic rings. The smallest absolute Gasteiger partial charge is 0.228 e. The van der Waals surface area contributed by atoms with Crippen LogP contribution < -0.4 is 5.73 Å². The summed E-state index contributed by atoms with van der Waals surface area (Å²) in [6.07, 6.45) is 3.97. The molecule has 7 heteroatoms. The van der Waals surface area contributed by atoms with E-state index >= 15 is 0 Å². The van der Waals surface area contributed by atoms with Gasteiger partial charge in [0.1, 0.15) is 5.82 Å². The number of anilines is 1. The minimum Gasteiger partial charge on any atom is -0.383 e. The molecule has 0 radical (unpaired) electrons. The third kappa shape index (κ3) is 4.14. The van der Waals surface area contributed by atoms with Gasteiger partial charge in [-0.2, -0.15) is 0 Å². The number of carbonyl (C=O) groups excluding carboxylic acids is 1. The number of rotatable bonds is 4. The summed E-state index contributed by atoms with van der Waals surface area (Å²) in [4.78, 5) is 33.0. The largest absolute Gasteiger partial charge is 0.383 e. The van der Waals surface area contributed by atoms with Gasteiger partial charge in [0, 0.05) is 42.2 Å². The van der Waals surface area contributed by atoms with Crippen LogP contribution in [-0.4, -0.2) is 43.8 Å². The maximum Gasteiger partial charge on any atom is 0.228 e. The minimum absolute atomic E-state index is 0.104. The number of nitrogens with zero attached hydrogens (tertiary/aromatic N) is 5. The number of carbonyl (C=O) groups is 1. The van der Waals surface area contributed by atoms with Crippen molar-refractivity contribution < 1.29 is 4.79 Å². The van der Waals surface area contributed by atoms with Crippen LogP contribution in [0.3, 0.4) is 0 Å². The number of benzene rings is 1. The Hall–Kier alpha value is -3.87. The maximum atomic E-state index is 12.8. The van der Waals surface area contributed by atoms with Crippen molar-refractivity contribution in [3.8, 4) is 11.4 Å². The predicted molar refractivity (Wildman–Crippen MR) is 124 cm³/mol.